The van der Waals surface area contributed by atoms with Crippen molar-refractivity contribution in [1.82, 2.24) is 0 Å². The molecule has 7 nitrogen and oxygen atoms in total. The van der Waals surface area contributed by atoms with Crippen molar-refractivity contribution in [3.05, 3.63) is 11.5 Å². The minimum absolute atomic E-state index is 0.0353. The SMILES string of the molecule is COC(=O)N=NC1=C(O)C2CC(OC)CCC2C1=O. The van der Waals surface area contributed by atoms with E-state index in [2.05, 4.69) is 15.0 Å². The first-order chi connectivity index (χ1) is 9.08. The molecule has 2 aliphatic carbocycles. The monoisotopic (exact) mass is 268 g/mol. The fourth-order valence-electron chi connectivity index (χ4n) is 2.67. The molecule has 0 bridgehead atoms. The Balaban J connectivity index is 2.19. The van der Waals surface area contributed by atoms with E-state index in [1.165, 1.54) is 0 Å². The van der Waals surface area contributed by atoms with E-state index in [4.69, 9.17) is 4.74 Å². The summed E-state index contributed by atoms with van der Waals surface area (Å²) in [6, 6.07) is 0. The zero-order valence-electron chi connectivity index (χ0n) is 10.8. The average molecular weight is 268 g/mol. The number of rotatable bonds is 2. The Labute approximate surface area is 110 Å². The van der Waals surface area contributed by atoms with Crippen molar-refractivity contribution in [2.45, 2.75) is 25.4 Å². The minimum Gasteiger partial charge on any atom is -0.510 e. The molecule has 0 radical (unpaired) electrons. The van der Waals surface area contributed by atoms with Crippen molar-refractivity contribution >= 4 is 11.9 Å². The van der Waals surface area contributed by atoms with Crippen LogP contribution < -0.4 is 0 Å². The summed E-state index contributed by atoms with van der Waals surface area (Å²) in [5.41, 5.74) is -0.128. The smallest absolute Gasteiger partial charge is 0.452 e. The summed E-state index contributed by atoms with van der Waals surface area (Å²) in [6.07, 6.45) is 1.13. The van der Waals surface area contributed by atoms with Gasteiger partial charge in [-0.1, -0.05) is 5.11 Å². The number of aliphatic hydroxyl groups is 1. The number of allylic oxidation sites excluding steroid dienone is 2. The standard InChI is InChI=1S/C12H16N2O5/c1-18-6-3-4-7-8(5-6)11(16)9(10(7)15)13-14-12(17)19-2/h6-8,16H,3-5H2,1-2H3. The van der Waals surface area contributed by atoms with Crippen molar-refractivity contribution in [3.63, 3.8) is 0 Å². The highest BCUT2D eigenvalue weighted by atomic mass is 16.5. The first-order valence-electron chi connectivity index (χ1n) is 6.08. The third-order valence-electron chi connectivity index (χ3n) is 3.71. The molecule has 1 fully saturated rings. The van der Waals surface area contributed by atoms with E-state index in [9.17, 15) is 14.7 Å². The van der Waals surface area contributed by atoms with Crippen LogP contribution in [0.5, 0.6) is 0 Å². The number of nitrogens with zero attached hydrogens (tertiary/aromatic N) is 2. The van der Waals surface area contributed by atoms with E-state index >= 15 is 0 Å². The van der Waals surface area contributed by atoms with Crippen molar-refractivity contribution < 1.29 is 24.2 Å². The molecular weight excluding hydrogens is 252 g/mol. The summed E-state index contributed by atoms with van der Waals surface area (Å²) >= 11 is 0. The third-order valence-corrected chi connectivity index (χ3v) is 3.71. The van der Waals surface area contributed by atoms with E-state index in [-0.39, 0.29) is 35.2 Å². The van der Waals surface area contributed by atoms with Gasteiger partial charge in [0.25, 0.3) is 0 Å². The van der Waals surface area contributed by atoms with Crippen LogP contribution in [0.4, 0.5) is 4.79 Å². The fourth-order valence-corrected chi connectivity index (χ4v) is 2.67. The molecule has 3 atom stereocenters. The molecule has 0 aliphatic heterocycles. The number of carbonyl (C=O) groups is 2. The molecule has 1 saturated carbocycles. The molecule has 0 saturated heterocycles. The van der Waals surface area contributed by atoms with Crippen LogP contribution in [0.25, 0.3) is 0 Å². The van der Waals surface area contributed by atoms with E-state index < -0.39 is 6.09 Å². The number of carbonyl (C=O) groups excluding carboxylic acids is 2. The van der Waals surface area contributed by atoms with Crippen LogP contribution in [0.15, 0.2) is 21.7 Å². The van der Waals surface area contributed by atoms with Gasteiger partial charge in [0.05, 0.1) is 13.2 Å². The van der Waals surface area contributed by atoms with Crippen molar-refractivity contribution in [2.75, 3.05) is 14.2 Å². The molecule has 1 N–H and O–H groups in total. The molecule has 7 heteroatoms. The fraction of sp³-hybridized carbons (Fsp3) is 0.667. The van der Waals surface area contributed by atoms with Crippen molar-refractivity contribution in [2.24, 2.45) is 22.1 Å². The van der Waals surface area contributed by atoms with Gasteiger partial charge in [0.2, 0.25) is 0 Å². The summed E-state index contributed by atoms with van der Waals surface area (Å²) in [5.74, 6) is -0.912. The number of aliphatic hydroxyl groups excluding tert-OH is 1. The molecule has 0 heterocycles. The lowest BCUT2D eigenvalue weighted by molar-refractivity contribution is -0.121. The molecular formula is C12H16N2O5. The van der Waals surface area contributed by atoms with Crippen molar-refractivity contribution in [3.8, 4) is 0 Å². The molecule has 3 unspecified atom stereocenters. The Morgan fingerprint density at radius 2 is 2.05 bits per heavy atom. The predicted octanol–water partition coefficient (Wildman–Crippen LogP) is 1.99. The maximum atomic E-state index is 12.1. The molecule has 0 aromatic carbocycles. The highest BCUT2D eigenvalue weighted by molar-refractivity contribution is 6.00. The van der Waals surface area contributed by atoms with Crippen LogP contribution in [-0.2, 0) is 14.3 Å². The predicted molar refractivity (Wildman–Crippen MR) is 63.6 cm³/mol. The Morgan fingerprint density at radius 1 is 1.32 bits per heavy atom. The van der Waals surface area contributed by atoms with Crippen LogP contribution in [0.1, 0.15) is 19.3 Å². The second-order valence-electron chi connectivity index (χ2n) is 4.65. The Hall–Kier alpha value is -1.76. The van der Waals surface area contributed by atoms with Gasteiger partial charge in [-0.2, -0.15) is 0 Å². The van der Waals surface area contributed by atoms with E-state index in [1.807, 2.05) is 0 Å². The number of hydrogen-bond acceptors (Lipinski definition) is 6. The van der Waals surface area contributed by atoms with Gasteiger partial charge in [0.15, 0.2) is 11.5 Å². The summed E-state index contributed by atoms with van der Waals surface area (Å²) in [7, 11) is 2.77. The van der Waals surface area contributed by atoms with Crippen LogP contribution in [-0.4, -0.2) is 37.3 Å². The van der Waals surface area contributed by atoms with Gasteiger partial charge in [0.1, 0.15) is 5.76 Å². The normalized spacial score (nSPS) is 30.8. The number of Topliss-reactive ketones (excluding diaryl/α,β-unsaturated/α-hetero) is 1. The lowest BCUT2D eigenvalue weighted by Crippen LogP contribution is -2.30. The molecule has 2 aliphatic rings. The lowest BCUT2D eigenvalue weighted by Gasteiger charge is -2.29. The molecule has 0 aromatic rings. The van der Waals surface area contributed by atoms with Gasteiger partial charge in [-0.3, -0.25) is 4.79 Å². The molecule has 19 heavy (non-hydrogen) atoms. The first-order valence-corrected chi connectivity index (χ1v) is 6.08. The quantitative estimate of drug-likeness (QED) is 0.772. The zero-order valence-corrected chi connectivity index (χ0v) is 10.8. The number of methoxy groups -OCH3 is 2. The number of fused-ring (bicyclic) bond motifs is 1. The summed E-state index contributed by atoms with van der Waals surface area (Å²) in [4.78, 5) is 23.0. The zero-order chi connectivity index (χ0) is 14.0. The molecule has 104 valence electrons. The number of hydrogen-bond donors (Lipinski definition) is 1. The van der Waals surface area contributed by atoms with Gasteiger partial charge >= 0.3 is 6.09 Å². The van der Waals surface area contributed by atoms with Gasteiger partial charge < -0.3 is 14.6 Å². The van der Waals surface area contributed by atoms with E-state index in [1.54, 1.807) is 7.11 Å². The number of amides is 1. The highest BCUT2D eigenvalue weighted by Gasteiger charge is 2.46. The maximum Gasteiger partial charge on any atom is 0.452 e. The molecule has 0 spiro atoms. The second-order valence-corrected chi connectivity index (χ2v) is 4.65. The average Bonchev–Trinajstić information content (AvgIpc) is 2.68. The van der Waals surface area contributed by atoms with Crippen LogP contribution in [0.3, 0.4) is 0 Å². The number of azo groups is 1. The summed E-state index contributed by atoms with van der Waals surface area (Å²) in [6.45, 7) is 0. The largest absolute Gasteiger partial charge is 0.510 e. The van der Waals surface area contributed by atoms with E-state index in [0.717, 1.165) is 13.5 Å². The first kappa shape index (κ1) is 13.7. The highest BCUT2D eigenvalue weighted by Crippen LogP contribution is 2.43. The Bertz CT molecular complexity index is 457. The van der Waals surface area contributed by atoms with Gasteiger partial charge in [-0.05, 0) is 19.3 Å². The Kier molecular flexibility index (Phi) is 3.94. The lowest BCUT2D eigenvalue weighted by atomic mass is 9.79. The summed E-state index contributed by atoms with van der Waals surface area (Å²) in [5, 5.41) is 16.8. The second kappa shape index (κ2) is 5.48. The third kappa shape index (κ3) is 2.51. The number of ether oxygens (including phenoxy) is 2. The van der Waals surface area contributed by atoms with Gasteiger partial charge in [-0.15, -0.1) is 5.11 Å². The van der Waals surface area contributed by atoms with Crippen LogP contribution in [0, 0.1) is 11.8 Å². The maximum absolute atomic E-state index is 12.1. The van der Waals surface area contributed by atoms with Crippen molar-refractivity contribution in [1.29, 1.82) is 0 Å². The van der Waals surface area contributed by atoms with E-state index in [0.29, 0.717) is 12.8 Å². The van der Waals surface area contributed by atoms with Crippen LogP contribution in [0.2, 0.25) is 0 Å². The topological polar surface area (TPSA) is 97.6 Å². The minimum atomic E-state index is -0.905. The van der Waals surface area contributed by atoms with Gasteiger partial charge in [0, 0.05) is 18.9 Å². The van der Waals surface area contributed by atoms with Crippen LogP contribution >= 0.6 is 0 Å². The summed E-state index contributed by atoms with van der Waals surface area (Å²) < 4.78 is 9.56. The molecule has 0 aromatic heterocycles. The molecule has 1 amide bonds. The number of ketones is 1. The molecule has 2 rings (SSSR count). The Morgan fingerprint density at radius 3 is 2.68 bits per heavy atom. The van der Waals surface area contributed by atoms with Gasteiger partial charge in [-0.25, -0.2) is 4.79 Å².